The van der Waals surface area contributed by atoms with Gasteiger partial charge in [-0.1, -0.05) is 29.3 Å². The van der Waals surface area contributed by atoms with Crippen LogP contribution < -0.4 is 15.4 Å². The lowest BCUT2D eigenvalue weighted by molar-refractivity contribution is 0.0983. The highest BCUT2D eigenvalue weighted by molar-refractivity contribution is 6.34. The number of amides is 2. The Balaban J connectivity index is 1.55. The van der Waals surface area contributed by atoms with E-state index < -0.39 is 17.6 Å². The molecule has 35 heavy (non-hydrogen) atoms. The number of ether oxygens (including phenoxy) is 1. The van der Waals surface area contributed by atoms with E-state index in [4.69, 9.17) is 33.7 Å². The van der Waals surface area contributed by atoms with Gasteiger partial charge in [0.1, 0.15) is 5.82 Å². The van der Waals surface area contributed by atoms with Gasteiger partial charge in [0.15, 0.2) is 11.6 Å². The van der Waals surface area contributed by atoms with Crippen LogP contribution in [-0.4, -0.2) is 29.9 Å². The number of pyridine rings is 1. The molecule has 3 aromatic rings. The summed E-state index contributed by atoms with van der Waals surface area (Å²) in [5.41, 5.74) is 6.63. The molecular formula is C26H22Cl2FN3O3. The molecule has 3 atom stereocenters. The fraction of sp³-hybridized carbons (Fsp3) is 0.269. The van der Waals surface area contributed by atoms with E-state index in [1.54, 1.807) is 24.3 Å². The highest BCUT2D eigenvalue weighted by Crippen LogP contribution is 2.53. The van der Waals surface area contributed by atoms with Crippen LogP contribution in [0.4, 0.5) is 10.2 Å². The summed E-state index contributed by atoms with van der Waals surface area (Å²) >= 11 is 12.5. The SMILES string of the molecule is CN(C(=O)c1c(F)cccc1Cl)c1ncc(-c2cc(C(N)=O)ccc2Cl)cc1O[C@@H]1C[C@@H]2C[C@@H]2C1. The minimum Gasteiger partial charge on any atom is -0.486 e. The van der Waals surface area contributed by atoms with Crippen molar-refractivity contribution in [2.75, 3.05) is 11.9 Å². The molecule has 2 amide bonds. The minimum absolute atomic E-state index is 0.00636. The van der Waals surface area contributed by atoms with Gasteiger partial charge in [-0.2, -0.15) is 0 Å². The number of carbonyl (C=O) groups excluding carboxylic acids is 2. The number of carbonyl (C=O) groups is 2. The molecule has 0 saturated heterocycles. The van der Waals surface area contributed by atoms with Crippen molar-refractivity contribution in [1.82, 2.24) is 4.98 Å². The average molecular weight is 514 g/mol. The van der Waals surface area contributed by atoms with Crippen molar-refractivity contribution in [2.45, 2.75) is 25.4 Å². The van der Waals surface area contributed by atoms with Crippen LogP contribution in [0.2, 0.25) is 10.0 Å². The van der Waals surface area contributed by atoms with Gasteiger partial charge in [0.05, 0.1) is 16.7 Å². The van der Waals surface area contributed by atoms with Gasteiger partial charge in [0.2, 0.25) is 5.91 Å². The molecule has 0 radical (unpaired) electrons. The lowest BCUT2D eigenvalue weighted by Crippen LogP contribution is -2.29. The number of primary amides is 1. The lowest BCUT2D eigenvalue weighted by Gasteiger charge is -2.23. The molecule has 9 heteroatoms. The number of hydrogen-bond acceptors (Lipinski definition) is 4. The number of nitrogens with zero attached hydrogens (tertiary/aromatic N) is 2. The summed E-state index contributed by atoms with van der Waals surface area (Å²) in [6, 6.07) is 10.5. The Bertz CT molecular complexity index is 1320. The van der Waals surface area contributed by atoms with Gasteiger partial charge in [0.25, 0.3) is 5.91 Å². The van der Waals surface area contributed by atoms with Crippen molar-refractivity contribution in [2.24, 2.45) is 17.6 Å². The zero-order valence-electron chi connectivity index (χ0n) is 18.8. The Hall–Kier alpha value is -3.16. The maximum atomic E-state index is 14.4. The molecule has 2 N–H and O–H groups in total. The molecule has 0 unspecified atom stereocenters. The van der Waals surface area contributed by atoms with Crippen LogP contribution in [0.1, 0.15) is 40.0 Å². The molecule has 6 nitrogen and oxygen atoms in total. The van der Waals surface area contributed by atoms with Crippen LogP contribution in [0.15, 0.2) is 48.7 Å². The molecule has 5 rings (SSSR count). The van der Waals surface area contributed by atoms with Gasteiger partial charge < -0.3 is 10.5 Å². The third-order valence-corrected chi connectivity index (χ3v) is 7.33. The van der Waals surface area contributed by atoms with E-state index in [1.807, 2.05) is 0 Å². The first-order chi connectivity index (χ1) is 16.7. The summed E-state index contributed by atoms with van der Waals surface area (Å²) in [5.74, 6) is -0.0175. The number of rotatable bonds is 6. The summed E-state index contributed by atoms with van der Waals surface area (Å²) < 4.78 is 20.8. The number of anilines is 1. The van der Waals surface area contributed by atoms with Crippen molar-refractivity contribution in [3.63, 3.8) is 0 Å². The van der Waals surface area contributed by atoms with Crippen LogP contribution in [0.3, 0.4) is 0 Å². The predicted molar refractivity (Wildman–Crippen MR) is 133 cm³/mol. The number of fused-ring (bicyclic) bond motifs is 1. The maximum Gasteiger partial charge on any atom is 0.263 e. The Morgan fingerprint density at radius 3 is 2.51 bits per heavy atom. The van der Waals surface area contributed by atoms with E-state index >= 15 is 0 Å². The molecule has 2 saturated carbocycles. The lowest BCUT2D eigenvalue weighted by atomic mass is 10.0. The van der Waals surface area contributed by atoms with Crippen molar-refractivity contribution >= 4 is 40.8 Å². The molecule has 2 aliphatic carbocycles. The van der Waals surface area contributed by atoms with E-state index in [1.165, 1.54) is 42.8 Å². The van der Waals surface area contributed by atoms with E-state index in [0.29, 0.717) is 39.3 Å². The van der Waals surface area contributed by atoms with Gasteiger partial charge in [-0.05, 0) is 67.5 Å². The zero-order chi connectivity index (χ0) is 24.9. The monoisotopic (exact) mass is 513 g/mol. The van der Waals surface area contributed by atoms with Gasteiger partial charge in [-0.25, -0.2) is 9.37 Å². The van der Waals surface area contributed by atoms with Gasteiger partial charge in [-0.15, -0.1) is 0 Å². The fourth-order valence-corrected chi connectivity index (χ4v) is 5.19. The predicted octanol–water partition coefficient (Wildman–Crippen LogP) is 5.75. The van der Waals surface area contributed by atoms with E-state index in [-0.39, 0.29) is 22.5 Å². The number of aromatic nitrogens is 1. The second kappa shape index (κ2) is 9.13. The van der Waals surface area contributed by atoms with Crippen molar-refractivity contribution in [3.8, 4) is 16.9 Å². The van der Waals surface area contributed by atoms with Crippen LogP contribution in [0.5, 0.6) is 5.75 Å². The molecular weight excluding hydrogens is 492 g/mol. The molecule has 2 fully saturated rings. The summed E-state index contributed by atoms with van der Waals surface area (Å²) in [6.45, 7) is 0. The summed E-state index contributed by atoms with van der Waals surface area (Å²) in [6.07, 6.45) is 4.60. The minimum atomic E-state index is -0.723. The Morgan fingerprint density at radius 2 is 1.83 bits per heavy atom. The van der Waals surface area contributed by atoms with Crippen molar-refractivity contribution in [3.05, 3.63) is 75.7 Å². The fourth-order valence-electron chi connectivity index (χ4n) is 4.72. The standard InChI is InChI=1S/C26H22Cl2FN3O3/c1-32(26(34)23-20(28)3-2-4-21(23)29)25-22(35-17-8-14-7-15(14)9-17)11-16(12-31-25)18-10-13(24(30)33)5-6-19(18)27/h2-6,10-12,14-15,17H,7-9H2,1H3,(H2,30,33)/t14-,15+,17+. The second-order valence-corrected chi connectivity index (χ2v) is 9.85. The van der Waals surface area contributed by atoms with Crippen molar-refractivity contribution in [1.29, 1.82) is 0 Å². The maximum absolute atomic E-state index is 14.4. The zero-order valence-corrected chi connectivity index (χ0v) is 20.3. The largest absolute Gasteiger partial charge is 0.486 e. The highest BCUT2D eigenvalue weighted by Gasteiger charge is 2.47. The Labute approximate surface area is 211 Å². The molecule has 1 heterocycles. The number of benzene rings is 2. The first-order valence-electron chi connectivity index (χ1n) is 11.2. The van der Waals surface area contributed by atoms with Gasteiger partial charge in [0, 0.05) is 35.0 Å². The number of nitrogens with two attached hydrogens (primary N) is 1. The Morgan fingerprint density at radius 1 is 1.09 bits per heavy atom. The molecule has 0 spiro atoms. The summed E-state index contributed by atoms with van der Waals surface area (Å²) in [4.78, 5) is 30.6. The smallest absolute Gasteiger partial charge is 0.263 e. The quantitative estimate of drug-likeness (QED) is 0.454. The molecule has 2 aliphatic rings. The van der Waals surface area contributed by atoms with Gasteiger partial charge in [-0.3, -0.25) is 14.5 Å². The van der Waals surface area contributed by atoms with Gasteiger partial charge >= 0.3 is 0 Å². The average Bonchev–Trinajstić information content (AvgIpc) is 3.44. The van der Waals surface area contributed by atoms with Crippen LogP contribution in [-0.2, 0) is 0 Å². The highest BCUT2D eigenvalue weighted by atomic mass is 35.5. The summed E-state index contributed by atoms with van der Waals surface area (Å²) in [5, 5.41) is 0.409. The number of hydrogen-bond donors (Lipinski definition) is 1. The topological polar surface area (TPSA) is 85.5 Å². The van der Waals surface area contributed by atoms with E-state index in [0.717, 1.165) is 12.8 Å². The molecule has 0 bridgehead atoms. The van der Waals surface area contributed by atoms with E-state index in [9.17, 15) is 14.0 Å². The first-order valence-corrected chi connectivity index (χ1v) is 12.0. The van der Waals surface area contributed by atoms with Crippen molar-refractivity contribution < 1.29 is 18.7 Å². The second-order valence-electron chi connectivity index (χ2n) is 9.03. The normalized spacial score (nSPS) is 20.3. The third kappa shape index (κ3) is 4.58. The number of halogens is 3. The van der Waals surface area contributed by atoms with Crippen LogP contribution in [0, 0.1) is 17.7 Å². The van der Waals surface area contributed by atoms with Crippen LogP contribution >= 0.6 is 23.2 Å². The molecule has 1 aromatic heterocycles. The molecule has 0 aliphatic heterocycles. The summed E-state index contributed by atoms with van der Waals surface area (Å²) in [7, 11) is 1.49. The third-order valence-electron chi connectivity index (χ3n) is 6.69. The Kier molecular flexibility index (Phi) is 6.15. The van der Waals surface area contributed by atoms with E-state index in [2.05, 4.69) is 4.98 Å². The molecule has 2 aromatic carbocycles. The first kappa shape index (κ1) is 23.6. The molecule has 180 valence electrons. The van der Waals surface area contributed by atoms with Crippen LogP contribution in [0.25, 0.3) is 11.1 Å².